The van der Waals surface area contributed by atoms with Gasteiger partial charge in [-0.2, -0.15) is 0 Å². The molecule has 0 saturated carbocycles. The van der Waals surface area contributed by atoms with Crippen molar-refractivity contribution in [1.29, 1.82) is 0 Å². The lowest BCUT2D eigenvalue weighted by molar-refractivity contribution is 0.362. The Morgan fingerprint density at radius 3 is 2.47 bits per heavy atom. The van der Waals surface area contributed by atoms with Crippen LogP contribution in [0.5, 0.6) is 0 Å². The van der Waals surface area contributed by atoms with Crippen LogP contribution in [0, 0.1) is 11.8 Å². The zero-order chi connectivity index (χ0) is 11.3. The number of halogens is 1. The topological polar surface area (TPSA) is 26.0 Å². The zero-order valence-corrected chi connectivity index (χ0v) is 10.3. The first-order valence-electron chi connectivity index (χ1n) is 5.58. The van der Waals surface area contributed by atoms with Gasteiger partial charge in [-0.15, -0.1) is 0 Å². The molecule has 0 spiro atoms. The van der Waals surface area contributed by atoms with Gasteiger partial charge in [-0.1, -0.05) is 43.6 Å². The molecular weight excluding hydrogens is 206 g/mol. The fraction of sp³-hybridized carbons (Fsp3) is 0.538. The zero-order valence-electron chi connectivity index (χ0n) is 9.54. The van der Waals surface area contributed by atoms with E-state index >= 15 is 0 Å². The summed E-state index contributed by atoms with van der Waals surface area (Å²) in [6, 6.07) is 8.07. The van der Waals surface area contributed by atoms with Crippen molar-refractivity contribution in [2.24, 2.45) is 17.6 Å². The highest BCUT2D eigenvalue weighted by Gasteiger charge is 2.14. The van der Waals surface area contributed by atoms with Gasteiger partial charge in [-0.3, -0.25) is 0 Å². The van der Waals surface area contributed by atoms with E-state index in [0.717, 1.165) is 24.4 Å². The van der Waals surface area contributed by atoms with Crippen molar-refractivity contribution in [2.45, 2.75) is 26.7 Å². The monoisotopic (exact) mass is 225 g/mol. The Morgan fingerprint density at radius 1 is 1.27 bits per heavy atom. The number of rotatable bonds is 5. The van der Waals surface area contributed by atoms with E-state index in [-0.39, 0.29) is 0 Å². The molecule has 0 aliphatic carbocycles. The van der Waals surface area contributed by atoms with Crippen LogP contribution >= 0.6 is 11.6 Å². The Labute approximate surface area is 97.6 Å². The van der Waals surface area contributed by atoms with Crippen LogP contribution < -0.4 is 5.73 Å². The second kappa shape index (κ2) is 6.14. The minimum atomic E-state index is 0.634. The molecule has 0 radical (unpaired) electrons. The first kappa shape index (κ1) is 12.5. The molecule has 1 aromatic rings. The van der Waals surface area contributed by atoms with E-state index in [0.29, 0.717) is 11.8 Å². The van der Waals surface area contributed by atoms with Gasteiger partial charge in [-0.25, -0.2) is 0 Å². The fourth-order valence-corrected chi connectivity index (χ4v) is 2.04. The van der Waals surface area contributed by atoms with E-state index in [2.05, 4.69) is 19.9 Å². The Kier molecular flexibility index (Phi) is 5.13. The first-order valence-corrected chi connectivity index (χ1v) is 5.96. The van der Waals surface area contributed by atoms with Crippen molar-refractivity contribution in [2.75, 3.05) is 6.54 Å². The molecule has 0 amide bonds. The quantitative estimate of drug-likeness (QED) is 0.816. The third-order valence-electron chi connectivity index (χ3n) is 2.92. The molecule has 1 aromatic carbocycles. The highest BCUT2D eigenvalue weighted by atomic mass is 35.5. The summed E-state index contributed by atoms with van der Waals surface area (Å²) in [4.78, 5) is 0. The highest BCUT2D eigenvalue weighted by molar-refractivity contribution is 6.31. The molecule has 0 aliphatic rings. The molecule has 0 heterocycles. The summed E-state index contributed by atoms with van der Waals surface area (Å²) >= 11 is 6.14. The summed E-state index contributed by atoms with van der Waals surface area (Å²) in [5.74, 6) is 1.29. The molecule has 0 aromatic heterocycles. The molecule has 84 valence electrons. The molecule has 2 heteroatoms. The Bertz CT molecular complexity index is 296. The van der Waals surface area contributed by atoms with Crippen LogP contribution in [-0.4, -0.2) is 6.54 Å². The van der Waals surface area contributed by atoms with Gasteiger partial charge in [0.2, 0.25) is 0 Å². The van der Waals surface area contributed by atoms with Crippen molar-refractivity contribution in [3.8, 4) is 0 Å². The van der Waals surface area contributed by atoms with E-state index in [4.69, 9.17) is 17.3 Å². The summed E-state index contributed by atoms with van der Waals surface area (Å²) in [5, 5.41) is 0.875. The maximum absolute atomic E-state index is 6.14. The van der Waals surface area contributed by atoms with Crippen LogP contribution in [0.4, 0.5) is 0 Å². The normalized spacial score (nSPS) is 13.1. The Balaban J connectivity index is 2.69. The van der Waals surface area contributed by atoms with Gasteiger partial charge >= 0.3 is 0 Å². The summed E-state index contributed by atoms with van der Waals surface area (Å²) in [6.07, 6.45) is 2.11. The lowest BCUT2D eigenvalue weighted by atomic mass is 9.86. The van der Waals surface area contributed by atoms with Crippen molar-refractivity contribution < 1.29 is 0 Å². The van der Waals surface area contributed by atoms with Gasteiger partial charge in [0.1, 0.15) is 0 Å². The molecule has 0 saturated heterocycles. The van der Waals surface area contributed by atoms with Crippen LogP contribution in [0.1, 0.15) is 25.8 Å². The SMILES string of the molecule is CC(C)C(CCN)Cc1ccccc1Cl. The third-order valence-corrected chi connectivity index (χ3v) is 3.29. The summed E-state index contributed by atoms with van der Waals surface area (Å²) in [6.45, 7) is 5.25. The summed E-state index contributed by atoms with van der Waals surface area (Å²) in [7, 11) is 0. The van der Waals surface area contributed by atoms with Gasteiger partial charge < -0.3 is 5.73 Å². The Morgan fingerprint density at radius 2 is 1.93 bits per heavy atom. The van der Waals surface area contributed by atoms with E-state index in [1.54, 1.807) is 0 Å². The van der Waals surface area contributed by atoms with E-state index in [1.165, 1.54) is 5.56 Å². The average Bonchev–Trinajstić information content (AvgIpc) is 2.20. The lowest BCUT2D eigenvalue weighted by Gasteiger charge is -2.20. The van der Waals surface area contributed by atoms with E-state index in [9.17, 15) is 0 Å². The highest BCUT2D eigenvalue weighted by Crippen LogP contribution is 2.24. The maximum Gasteiger partial charge on any atom is 0.0438 e. The lowest BCUT2D eigenvalue weighted by Crippen LogP contribution is -2.16. The molecule has 0 aliphatic heterocycles. The molecule has 1 unspecified atom stereocenters. The minimum absolute atomic E-state index is 0.634. The standard InChI is InChI=1S/C13H20ClN/c1-10(2)11(7-8-15)9-12-5-3-4-6-13(12)14/h3-6,10-11H,7-9,15H2,1-2H3. The molecule has 0 fully saturated rings. The van der Waals surface area contributed by atoms with Crippen molar-refractivity contribution in [3.05, 3.63) is 34.9 Å². The van der Waals surface area contributed by atoms with Gasteiger partial charge in [0.05, 0.1) is 0 Å². The second-order valence-electron chi connectivity index (χ2n) is 4.38. The smallest absolute Gasteiger partial charge is 0.0438 e. The number of benzene rings is 1. The largest absolute Gasteiger partial charge is 0.330 e. The second-order valence-corrected chi connectivity index (χ2v) is 4.78. The number of hydrogen-bond acceptors (Lipinski definition) is 1. The van der Waals surface area contributed by atoms with Crippen LogP contribution in [-0.2, 0) is 6.42 Å². The fourth-order valence-electron chi connectivity index (χ4n) is 1.83. The van der Waals surface area contributed by atoms with Crippen LogP contribution in [0.3, 0.4) is 0 Å². The van der Waals surface area contributed by atoms with Gasteiger partial charge in [-0.05, 0) is 42.9 Å². The van der Waals surface area contributed by atoms with Crippen molar-refractivity contribution >= 4 is 11.6 Å². The van der Waals surface area contributed by atoms with Gasteiger partial charge in [0.25, 0.3) is 0 Å². The van der Waals surface area contributed by atoms with Crippen LogP contribution in [0.25, 0.3) is 0 Å². The summed E-state index contributed by atoms with van der Waals surface area (Å²) < 4.78 is 0. The maximum atomic E-state index is 6.14. The minimum Gasteiger partial charge on any atom is -0.330 e. The molecular formula is C13H20ClN. The molecule has 1 atom stereocenters. The van der Waals surface area contributed by atoms with Crippen molar-refractivity contribution in [3.63, 3.8) is 0 Å². The molecule has 1 nitrogen and oxygen atoms in total. The average molecular weight is 226 g/mol. The van der Waals surface area contributed by atoms with Crippen LogP contribution in [0.15, 0.2) is 24.3 Å². The van der Waals surface area contributed by atoms with E-state index < -0.39 is 0 Å². The Hall–Kier alpha value is -0.530. The third kappa shape index (κ3) is 3.84. The molecule has 2 N–H and O–H groups in total. The van der Waals surface area contributed by atoms with Gasteiger partial charge in [0.15, 0.2) is 0 Å². The van der Waals surface area contributed by atoms with Crippen LogP contribution in [0.2, 0.25) is 5.02 Å². The molecule has 0 bridgehead atoms. The predicted molar refractivity (Wildman–Crippen MR) is 67.2 cm³/mol. The predicted octanol–water partition coefficient (Wildman–Crippen LogP) is 3.50. The number of nitrogens with two attached hydrogens (primary N) is 1. The van der Waals surface area contributed by atoms with E-state index in [1.807, 2.05) is 18.2 Å². The molecule has 15 heavy (non-hydrogen) atoms. The number of hydrogen-bond donors (Lipinski definition) is 1. The summed E-state index contributed by atoms with van der Waals surface area (Å²) in [5.41, 5.74) is 6.87. The molecule has 1 rings (SSSR count). The first-order chi connectivity index (χ1) is 7.15. The van der Waals surface area contributed by atoms with Crippen molar-refractivity contribution in [1.82, 2.24) is 0 Å². The van der Waals surface area contributed by atoms with Gasteiger partial charge in [0, 0.05) is 5.02 Å².